The second kappa shape index (κ2) is 11.5. The van der Waals surface area contributed by atoms with Crippen molar-refractivity contribution in [3.05, 3.63) is 23.8 Å². The first-order valence-corrected chi connectivity index (χ1v) is 15.6. The van der Waals surface area contributed by atoms with Crippen LogP contribution in [0, 0.1) is 40.9 Å². The van der Waals surface area contributed by atoms with E-state index < -0.39 is 0 Å². The van der Waals surface area contributed by atoms with E-state index in [0.717, 1.165) is 35.5 Å². The molecule has 0 bridgehead atoms. The fourth-order valence-electron chi connectivity index (χ4n) is 8.05. The molecule has 4 fully saturated rings. The predicted molar refractivity (Wildman–Crippen MR) is 143 cm³/mol. The van der Waals surface area contributed by atoms with Gasteiger partial charge in [-0.1, -0.05) is 82.1 Å². The van der Waals surface area contributed by atoms with Crippen LogP contribution in [-0.4, -0.2) is 0 Å². The Hall–Kier alpha value is -0.520. The minimum Gasteiger partial charge on any atom is -0.0851 e. The number of fused-ring (bicyclic) bond motifs is 1. The molecule has 186 valence electrons. The lowest BCUT2D eigenvalue weighted by atomic mass is 9.79. The minimum atomic E-state index is 0.665. The first kappa shape index (κ1) is 24.2. The summed E-state index contributed by atoms with van der Waals surface area (Å²) in [5.74, 6) is 5.75. The molecule has 0 amide bonds. The normalized spacial score (nSPS) is 37.7. The zero-order chi connectivity index (χ0) is 22.5. The van der Waals surface area contributed by atoms with E-state index in [2.05, 4.69) is 25.2 Å². The second-order valence-corrected chi connectivity index (χ2v) is 13.7. The molecule has 4 saturated carbocycles. The van der Waals surface area contributed by atoms with E-state index in [1.165, 1.54) is 135 Å². The van der Waals surface area contributed by atoms with Gasteiger partial charge in [0.2, 0.25) is 0 Å². The van der Waals surface area contributed by atoms with Gasteiger partial charge >= 0.3 is 0 Å². The van der Waals surface area contributed by atoms with E-state index in [4.69, 9.17) is 0 Å². The Morgan fingerprint density at radius 2 is 1.52 bits per heavy atom. The fraction of sp³-hybridized carbons (Fsp3) is 0.879. The van der Waals surface area contributed by atoms with Gasteiger partial charge in [-0.15, -0.1) is 0 Å². The van der Waals surface area contributed by atoms with Crippen molar-refractivity contribution in [1.29, 1.82) is 0 Å². The van der Waals surface area contributed by atoms with Crippen LogP contribution < -0.4 is 0 Å². The van der Waals surface area contributed by atoms with Crippen LogP contribution in [0.1, 0.15) is 142 Å². The lowest BCUT2D eigenvalue weighted by Gasteiger charge is -2.27. The lowest BCUT2D eigenvalue weighted by molar-refractivity contribution is 0.271. The van der Waals surface area contributed by atoms with Gasteiger partial charge in [-0.05, 0) is 124 Å². The number of rotatable bonds is 7. The van der Waals surface area contributed by atoms with Gasteiger partial charge in [0.05, 0.1) is 0 Å². The summed E-state index contributed by atoms with van der Waals surface area (Å²) in [4.78, 5) is 0. The Balaban J connectivity index is 1.30. The minimum absolute atomic E-state index is 0.665. The van der Waals surface area contributed by atoms with Crippen molar-refractivity contribution >= 4 is 0 Å². The van der Waals surface area contributed by atoms with Crippen molar-refractivity contribution in [2.45, 2.75) is 142 Å². The maximum atomic E-state index is 2.91. The Kier molecular flexibility index (Phi) is 8.41. The van der Waals surface area contributed by atoms with E-state index in [-0.39, 0.29) is 0 Å². The zero-order valence-corrected chi connectivity index (χ0v) is 22.0. The highest BCUT2D eigenvalue weighted by Crippen LogP contribution is 2.55. The van der Waals surface area contributed by atoms with Crippen LogP contribution in [0.25, 0.3) is 0 Å². The Morgan fingerprint density at radius 3 is 2.30 bits per heavy atom. The first-order chi connectivity index (χ1) is 16.2. The molecule has 0 aromatic heterocycles. The van der Waals surface area contributed by atoms with Gasteiger partial charge in [-0.2, -0.15) is 0 Å². The van der Waals surface area contributed by atoms with Crippen molar-refractivity contribution in [3.63, 3.8) is 0 Å². The van der Waals surface area contributed by atoms with E-state index in [1.807, 2.05) is 5.57 Å². The molecule has 0 heteroatoms. The number of hydrogen-bond donors (Lipinski definition) is 0. The lowest BCUT2D eigenvalue weighted by Crippen LogP contribution is -2.15. The number of allylic oxidation sites excluding steroid dienone is 4. The van der Waals surface area contributed by atoms with Crippen LogP contribution >= 0.6 is 0 Å². The van der Waals surface area contributed by atoms with Gasteiger partial charge in [0.15, 0.2) is 0 Å². The highest BCUT2D eigenvalue weighted by Gasteiger charge is 2.46. The molecule has 0 aliphatic heterocycles. The van der Waals surface area contributed by atoms with Gasteiger partial charge in [0.25, 0.3) is 0 Å². The summed E-state index contributed by atoms with van der Waals surface area (Å²) < 4.78 is 0. The van der Waals surface area contributed by atoms with Crippen molar-refractivity contribution in [3.8, 4) is 0 Å². The van der Waals surface area contributed by atoms with Crippen molar-refractivity contribution in [2.75, 3.05) is 0 Å². The standard InChI is InChI=1S/C33H54/c1-33(20-9-10-21-33)22-19-30-24-28(23-27-15-16-27)13-5-3-2-4-6-14-29(31-25-32(30)31)18-17-26-11-7-8-12-26/h17-18,24,26-27,29-32H,2-16,19-23,25H2,1H3/b18-17+,28-24+. The quantitative estimate of drug-likeness (QED) is 0.338. The molecular weight excluding hydrogens is 396 g/mol. The van der Waals surface area contributed by atoms with Crippen LogP contribution in [-0.2, 0) is 0 Å². The largest absolute Gasteiger partial charge is 0.0851 e. The van der Waals surface area contributed by atoms with Gasteiger partial charge in [-0.25, -0.2) is 0 Å². The molecule has 0 aromatic carbocycles. The van der Waals surface area contributed by atoms with Crippen LogP contribution in [0.3, 0.4) is 0 Å². The average molecular weight is 451 g/mol. The van der Waals surface area contributed by atoms with Crippen molar-refractivity contribution in [1.82, 2.24) is 0 Å². The van der Waals surface area contributed by atoms with Gasteiger partial charge in [-0.3, -0.25) is 0 Å². The third-order valence-corrected chi connectivity index (χ3v) is 10.6. The fourth-order valence-corrected chi connectivity index (χ4v) is 8.05. The molecule has 0 nitrogen and oxygen atoms in total. The molecular formula is C33H54. The van der Waals surface area contributed by atoms with Crippen LogP contribution in [0.5, 0.6) is 0 Å². The second-order valence-electron chi connectivity index (χ2n) is 13.7. The van der Waals surface area contributed by atoms with E-state index in [9.17, 15) is 0 Å². The first-order valence-electron chi connectivity index (χ1n) is 15.6. The Morgan fingerprint density at radius 1 is 0.788 bits per heavy atom. The molecule has 0 radical (unpaired) electrons. The summed E-state index contributed by atoms with van der Waals surface area (Å²) in [6.45, 7) is 2.62. The van der Waals surface area contributed by atoms with Gasteiger partial charge in [0, 0.05) is 0 Å². The van der Waals surface area contributed by atoms with Gasteiger partial charge < -0.3 is 0 Å². The molecule has 4 atom stereocenters. The topological polar surface area (TPSA) is 0 Å². The van der Waals surface area contributed by atoms with E-state index in [1.54, 1.807) is 0 Å². The van der Waals surface area contributed by atoms with E-state index in [0.29, 0.717) is 5.41 Å². The smallest absolute Gasteiger partial charge is 0.0199 e. The Bertz CT molecular complexity index is 652. The maximum absolute atomic E-state index is 2.91. The average Bonchev–Trinajstić information content (AvgIpc) is 3.69. The summed E-state index contributed by atoms with van der Waals surface area (Å²) >= 11 is 0. The molecule has 5 aliphatic rings. The van der Waals surface area contributed by atoms with Crippen LogP contribution in [0.2, 0.25) is 0 Å². The molecule has 5 aliphatic carbocycles. The summed E-state index contributed by atoms with van der Waals surface area (Å²) in [5.41, 5.74) is 2.56. The van der Waals surface area contributed by atoms with Crippen molar-refractivity contribution < 1.29 is 0 Å². The number of hydrogen-bond acceptors (Lipinski definition) is 0. The Labute approximate surface area is 206 Å². The third kappa shape index (κ3) is 7.24. The SMILES string of the molecule is CC1(CCC2/C=C(/CC3CC3)CCCCCCCC(/C=C/C3CCCC3)C3CC23)CCCC1. The molecule has 4 unspecified atom stereocenters. The molecule has 0 N–H and O–H groups in total. The molecule has 0 saturated heterocycles. The van der Waals surface area contributed by atoms with Crippen LogP contribution in [0.4, 0.5) is 0 Å². The summed E-state index contributed by atoms with van der Waals surface area (Å²) in [6, 6.07) is 0. The summed E-state index contributed by atoms with van der Waals surface area (Å²) in [5, 5.41) is 0. The van der Waals surface area contributed by atoms with Crippen LogP contribution in [0.15, 0.2) is 23.8 Å². The van der Waals surface area contributed by atoms with E-state index >= 15 is 0 Å². The zero-order valence-electron chi connectivity index (χ0n) is 22.0. The highest BCUT2D eigenvalue weighted by atomic mass is 14.5. The summed E-state index contributed by atoms with van der Waals surface area (Å²) in [7, 11) is 0. The molecule has 0 aromatic rings. The van der Waals surface area contributed by atoms with Crippen molar-refractivity contribution in [2.24, 2.45) is 40.9 Å². The van der Waals surface area contributed by atoms with Gasteiger partial charge in [0.1, 0.15) is 0 Å². The third-order valence-electron chi connectivity index (χ3n) is 10.6. The maximum Gasteiger partial charge on any atom is -0.0199 e. The molecule has 0 heterocycles. The molecule has 33 heavy (non-hydrogen) atoms. The molecule has 0 spiro atoms. The predicted octanol–water partition coefficient (Wildman–Crippen LogP) is 10.4. The molecule has 5 rings (SSSR count). The monoisotopic (exact) mass is 450 g/mol. The highest BCUT2D eigenvalue weighted by molar-refractivity contribution is 5.13. The summed E-state index contributed by atoms with van der Waals surface area (Å²) in [6.07, 6.45) is 39.5.